The molecule has 0 aromatic carbocycles. The highest BCUT2D eigenvalue weighted by Gasteiger charge is 2.38. The molecule has 3 N–H and O–H groups in total. The van der Waals surface area contributed by atoms with Crippen LogP contribution in [0.5, 0.6) is 0 Å². The number of rotatable bonds is 3. The zero-order valence-electron chi connectivity index (χ0n) is 11.7. The third-order valence-electron chi connectivity index (χ3n) is 4.02. The van der Waals surface area contributed by atoms with E-state index in [0.29, 0.717) is 5.92 Å². The molecule has 0 aliphatic heterocycles. The predicted molar refractivity (Wildman–Crippen MR) is 75.3 cm³/mol. The van der Waals surface area contributed by atoms with Gasteiger partial charge in [-0.15, -0.1) is 0 Å². The van der Waals surface area contributed by atoms with Crippen LogP contribution in [0.2, 0.25) is 0 Å². The predicted octanol–water partition coefficient (Wildman–Crippen LogP) is 2.17. The van der Waals surface area contributed by atoms with Crippen molar-refractivity contribution in [1.82, 2.24) is 10.3 Å². The van der Waals surface area contributed by atoms with Gasteiger partial charge >= 0.3 is 0 Å². The van der Waals surface area contributed by atoms with E-state index in [1.165, 1.54) is 6.42 Å². The van der Waals surface area contributed by atoms with Crippen molar-refractivity contribution < 1.29 is 4.79 Å². The Morgan fingerprint density at radius 3 is 3.05 bits per heavy atom. The molecule has 19 heavy (non-hydrogen) atoms. The zero-order chi connectivity index (χ0) is 13.9. The van der Waals surface area contributed by atoms with Crippen molar-refractivity contribution in [3.8, 4) is 0 Å². The van der Waals surface area contributed by atoms with Crippen LogP contribution in [0.4, 0.5) is 0 Å². The third kappa shape index (κ3) is 3.32. The number of amides is 1. The van der Waals surface area contributed by atoms with E-state index in [2.05, 4.69) is 17.2 Å². The standard InChI is InChI=1S/C15H23N3O/c1-11-5-3-7-15(16,9-11)14(19)18-12(2)13-6-4-8-17-10-13/h4,6,8,10-12H,3,5,7,9,16H2,1-2H3,(H,18,19)/t11?,12-,15?/m0/s1. The highest BCUT2D eigenvalue weighted by Crippen LogP contribution is 2.31. The second-order valence-electron chi connectivity index (χ2n) is 5.84. The van der Waals surface area contributed by atoms with Crippen molar-refractivity contribution in [3.05, 3.63) is 30.1 Å². The van der Waals surface area contributed by atoms with Crippen molar-refractivity contribution in [2.45, 2.75) is 51.1 Å². The van der Waals surface area contributed by atoms with E-state index in [4.69, 9.17) is 5.73 Å². The Hall–Kier alpha value is -1.42. The van der Waals surface area contributed by atoms with Gasteiger partial charge in [-0.3, -0.25) is 9.78 Å². The average Bonchev–Trinajstić information content (AvgIpc) is 2.39. The fourth-order valence-electron chi connectivity index (χ4n) is 2.85. The van der Waals surface area contributed by atoms with Crippen LogP contribution in [-0.2, 0) is 4.79 Å². The minimum absolute atomic E-state index is 0.0320. The smallest absolute Gasteiger partial charge is 0.240 e. The molecule has 1 aromatic heterocycles. The molecule has 0 saturated heterocycles. The Labute approximate surface area is 114 Å². The van der Waals surface area contributed by atoms with Crippen LogP contribution in [0.1, 0.15) is 51.1 Å². The number of hydrogen-bond donors (Lipinski definition) is 2. The second-order valence-corrected chi connectivity index (χ2v) is 5.84. The van der Waals surface area contributed by atoms with Crippen LogP contribution < -0.4 is 11.1 Å². The number of nitrogens with zero attached hydrogens (tertiary/aromatic N) is 1. The molecule has 1 aliphatic rings. The van der Waals surface area contributed by atoms with Crippen LogP contribution in [-0.4, -0.2) is 16.4 Å². The van der Waals surface area contributed by atoms with Crippen molar-refractivity contribution >= 4 is 5.91 Å². The molecule has 3 atom stereocenters. The summed E-state index contributed by atoms with van der Waals surface area (Å²) in [6.07, 6.45) is 7.27. The maximum Gasteiger partial charge on any atom is 0.240 e. The SMILES string of the molecule is CC1CCCC(N)(C(=O)N[C@@H](C)c2cccnc2)C1. The van der Waals surface area contributed by atoms with Crippen LogP contribution in [0.3, 0.4) is 0 Å². The van der Waals surface area contributed by atoms with Crippen molar-refractivity contribution in [3.63, 3.8) is 0 Å². The van der Waals surface area contributed by atoms with Gasteiger partial charge in [0.2, 0.25) is 5.91 Å². The van der Waals surface area contributed by atoms with Crippen molar-refractivity contribution in [2.75, 3.05) is 0 Å². The molecule has 0 radical (unpaired) electrons. The first-order valence-electron chi connectivity index (χ1n) is 7.01. The lowest BCUT2D eigenvalue weighted by Crippen LogP contribution is -2.56. The van der Waals surface area contributed by atoms with E-state index in [1.807, 2.05) is 19.1 Å². The number of pyridine rings is 1. The number of nitrogens with two attached hydrogens (primary N) is 1. The molecule has 104 valence electrons. The second kappa shape index (κ2) is 5.70. The highest BCUT2D eigenvalue weighted by molar-refractivity contribution is 5.86. The van der Waals surface area contributed by atoms with Gasteiger partial charge in [-0.1, -0.05) is 25.8 Å². The normalized spacial score (nSPS) is 28.7. The van der Waals surface area contributed by atoms with Gasteiger partial charge in [-0.05, 0) is 37.3 Å². The minimum atomic E-state index is -0.700. The van der Waals surface area contributed by atoms with E-state index >= 15 is 0 Å². The fourth-order valence-corrected chi connectivity index (χ4v) is 2.85. The summed E-state index contributed by atoms with van der Waals surface area (Å²) in [6.45, 7) is 4.13. The summed E-state index contributed by atoms with van der Waals surface area (Å²) in [6, 6.07) is 3.78. The quantitative estimate of drug-likeness (QED) is 0.876. The highest BCUT2D eigenvalue weighted by atomic mass is 16.2. The average molecular weight is 261 g/mol. The Balaban J connectivity index is 2.00. The summed E-state index contributed by atoms with van der Waals surface area (Å²) in [5, 5.41) is 3.02. The van der Waals surface area contributed by atoms with Crippen LogP contribution in [0.25, 0.3) is 0 Å². The molecule has 1 heterocycles. The summed E-state index contributed by atoms with van der Waals surface area (Å²) in [4.78, 5) is 16.5. The summed E-state index contributed by atoms with van der Waals surface area (Å²) >= 11 is 0. The van der Waals surface area contributed by atoms with Gasteiger partial charge in [0.25, 0.3) is 0 Å². The lowest BCUT2D eigenvalue weighted by atomic mass is 9.76. The Morgan fingerprint density at radius 1 is 1.63 bits per heavy atom. The van der Waals surface area contributed by atoms with E-state index in [1.54, 1.807) is 12.4 Å². The van der Waals surface area contributed by atoms with Gasteiger partial charge < -0.3 is 11.1 Å². The van der Waals surface area contributed by atoms with Gasteiger partial charge in [-0.25, -0.2) is 0 Å². The topological polar surface area (TPSA) is 68.0 Å². The van der Waals surface area contributed by atoms with E-state index < -0.39 is 5.54 Å². The summed E-state index contributed by atoms with van der Waals surface area (Å²) < 4.78 is 0. The molecule has 4 heteroatoms. The monoisotopic (exact) mass is 261 g/mol. The summed E-state index contributed by atoms with van der Waals surface area (Å²) in [5.74, 6) is 0.494. The van der Waals surface area contributed by atoms with E-state index in [9.17, 15) is 4.79 Å². The van der Waals surface area contributed by atoms with Gasteiger partial charge in [-0.2, -0.15) is 0 Å². The molecule has 4 nitrogen and oxygen atoms in total. The maximum absolute atomic E-state index is 12.4. The molecule has 2 unspecified atom stereocenters. The minimum Gasteiger partial charge on any atom is -0.348 e. The van der Waals surface area contributed by atoms with Crippen LogP contribution in [0, 0.1) is 5.92 Å². The molecule has 0 bridgehead atoms. The molecule has 1 aromatic rings. The number of nitrogens with one attached hydrogen (secondary N) is 1. The lowest BCUT2D eigenvalue weighted by molar-refractivity contribution is -0.128. The van der Waals surface area contributed by atoms with Gasteiger partial charge in [0, 0.05) is 12.4 Å². The molecular weight excluding hydrogens is 238 g/mol. The molecule has 1 fully saturated rings. The van der Waals surface area contributed by atoms with Crippen LogP contribution in [0.15, 0.2) is 24.5 Å². The number of carbonyl (C=O) groups excluding carboxylic acids is 1. The lowest BCUT2D eigenvalue weighted by Gasteiger charge is -2.36. The first-order valence-corrected chi connectivity index (χ1v) is 7.01. The third-order valence-corrected chi connectivity index (χ3v) is 4.02. The first-order chi connectivity index (χ1) is 9.01. The Kier molecular flexibility index (Phi) is 4.20. The van der Waals surface area contributed by atoms with Gasteiger partial charge in [0.15, 0.2) is 0 Å². The maximum atomic E-state index is 12.4. The largest absolute Gasteiger partial charge is 0.348 e. The molecule has 1 saturated carbocycles. The van der Waals surface area contributed by atoms with Crippen LogP contribution >= 0.6 is 0 Å². The summed E-state index contributed by atoms with van der Waals surface area (Å²) in [5.41, 5.74) is 6.59. The molecule has 1 aliphatic carbocycles. The molecular formula is C15H23N3O. The summed E-state index contributed by atoms with van der Waals surface area (Å²) in [7, 11) is 0. The molecule has 1 amide bonds. The fraction of sp³-hybridized carbons (Fsp3) is 0.600. The van der Waals surface area contributed by atoms with E-state index in [0.717, 1.165) is 24.8 Å². The van der Waals surface area contributed by atoms with Gasteiger partial charge in [0.05, 0.1) is 11.6 Å². The molecule has 2 rings (SSSR count). The Morgan fingerprint density at radius 2 is 2.42 bits per heavy atom. The van der Waals surface area contributed by atoms with Gasteiger partial charge in [0.1, 0.15) is 0 Å². The number of carbonyl (C=O) groups is 1. The number of hydrogen-bond acceptors (Lipinski definition) is 3. The Bertz CT molecular complexity index is 434. The molecule has 0 spiro atoms. The first kappa shape index (κ1) is 14.0. The zero-order valence-corrected chi connectivity index (χ0v) is 11.7. The number of aromatic nitrogens is 1. The van der Waals surface area contributed by atoms with E-state index in [-0.39, 0.29) is 11.9 Å². The van der Waals surface area contributed by atoms with Crippen molar-refractivity contribution in [2.24, 2.45) is 11.7 Å². The van der Waals surface area contributed by atoms with Crippen molar-refractivity contribution in [1.29, 1.82) is 0 Å².